The van der Waals surface area contributed by atoms with Gasteiger partial charge < -0.3 is 19.4 Å². The van der Waals surface area contributed by atoms with Crippen molar-refractivity contribution in [3.8, 4) is 0 Å². The smallest absolute Gasteiger partial charge is 0.322 e. The number of nitrogens with one attached hydrogen (secondary N) is 2. The number of hydrogen-bond donors (Lipinski definition) is 2. The Morgan fingerprint density at radius 3 is 2.75 bits per heavy atom. The highest BCUT2D eigenvalue weighted by Gasteiger charge is 2.23. The van der Waals surface area contributed by atoms with E-state index in [0.29, 0.717) is 44.1 Å². The second-order valence-electron chi connectivity index (χ2n) is 7.69. The summed E-state index contributed by atoms with van der Waals surface area (Å²) in [7, 11) is -3.36. The van der Waals surface area contributed by atoms with E-state index in [1.54, 1.807) is 23.3 Å². The number of nitrogens with zero attached hydrogens (tertiary/aromatic N) is 1. The standard InChI is InChI=1S/C23H25N3O5S/c1-32(28,29)25-22-9-3-6-18-14-26(11-10-21(18)22)23(27)24-19-7-2-5-17(13-19)15-30-16-20-8-4-12-31-20/h2-9,12-13,25H,10-11,14-16H2,1H3,(H,24,27). The van der Waals surface area contributed by atoms with Gasteiger partial charge in [0.25, 0.3) is 0 Å². The predicted molar refractivity (Wildman–Crippen MR) is 122 cm³/mol. The zero-order valence-corrected chi connectivity index (χ0v) is 18.5. The summed E-state index contributed by atoms with van der Waals surface area (Å²) in [5, 5.41) is 2.94. The summed E-state index contributed by atoms with van der Waals surface area (Å²) in [6, 6.07) is 16.4. The second-order valence-corrected chi connectivity index (χ2v) is 9.44. The van der Waals surface area contributed by atoms with Crippen LogP contribution in [0, 0.1) is 0 Å². The Morgan fingerprint density at radius 1 is 1.12 bits per heavy atom. The Morgan fingerprint density at radius 2 is 1.97 bits per heavy atom. The number of furan rings is 1. The minimum absolute atomic E-state index is 0.203. The number of urea groups is 1. The van der Waals surface area contributed by atoms with Crippen molar-refractivity contribution in [2.75, 3.05) is 22.8 Å². The quantitative estimate of drug-likeness (QED) is 0.562. The van der Waals surface area contributed by atoms with Crippen LogP contribution in [0.25, 0.3) is 0 Å². The van der Waals surface area contributed by atoms with Gasteiger partial charge in [-0.3, -0.25) is 4.72 Å². The Labute approximate surface area is 187 Å². The Balaban J connectivity index is 1.36. The molecule has 0 fully saturated rings. The van der Waals surface area contributed by atoms with Crippen molar-refractivity contribution in [1.82, 2.24) is 4.90 Å². The number of anilines is 2. The molecule has 2 aromatic carbocycles. The molecule has 0 aliphatic carbocycles. The molecule has 32 heavy (non-hydrogen) atoms. The van der Waals surface area contributed by atoms with Crippen molar-refractivity contribution in [2.24, 2.45) is 0 Å². The summed E-state index contributed by atoms with van der Waals surface area (Å²) < 4.78 is 36.7. The lowest BCUT2D eigenvalue weighted by Gasteiger charge is -2.30. The van der Waals surface area contributed by atoms with Crippen LogP contribution in [0.2, 0.25) is 0 Å². The summed E-state index contributed by atoms with van der Waals surface area (Å²) >= 11 is 0. The van der Waals surface area contributed by atoms with E-state index in [-0.39, 0.29) is 6.03 Å². The van der Waals surface area contributed by atoms with E-state index in [0.717, 1.165) is 28.7 Å². The van der Waals surface area contributed by atoms with Crippen molar-refractivity contribution in [1.29, 1.82) is 0 Å². The SMILES string of the molecule is CS(=O)(=O)Nc1cccc2c1CCN(C(=O)Nc1cccc(COCc3ccco3)c1)C2. The summed E-state index contributed by atoms with van der Waals surface area (Å²) in [4.78, 5) is 14.5. The number of ether oxygens (including phenoxy) is 1. The number of carbonyl (C=O) groups excluding carboxylic acids is 1. The maximum Gasteiger partial charge on any atom is 0.322 e. The lowest BCUT2D eigenvalue weighted by Crippen LogP contribution is -2.39. The van der Waals surface area contributed by atoms with Gasteiger partial charge in [-0.15, -0.1) is 0 Å². The Hall–Kier alpha value is -3.30. The van der Waals surface area contributed by atoms with E-state index in [2.05, 4.69) is 10.0 Å². The third-order valence-electron chi connectivity index (χ3n) is 5.12. The number of carbonyl (C=O) groups is 1. The molecule has 1 aromatic heterocycles. The summed E-state index contributed by atoms with van der Waals surface area (Å²) in [5.41, 5.74) is 4.06. The minimum atomic E-state index is -3.36. The highest BCUT2D eigenvalue weighted by atomic mass is 32.2. The fraction of sp³-hybridized carbons (Fsp3) is 0.261. The van der Waals surface area contributed by atoms with Crippen molar-refractivity contribution in [3.05, 3.63) is 83.3 Å². The van der Waals surface area contributed by atoms with Gasteiger partial charge >= 0.3 is 6.03 Å². The molecule has 0 bridgehead atoms. The van der Waals surface area contributed by atoms with E-state index in [1.165, 1.54) is 0 Å². The largest absolute Gasteiger partial charge is 0.467 e. The molecule has 3 aromatic rings. The molecule has 168 valence electrons. The first-order chi connectivity index (χ1) is 15.4. The average molecular weight is 456 g/mol. The highest BCUT2D eigenvalue weighted by molar-refractivity contribution is 7.92. The van der Waals surface area contributed by atoms with Crippen LogP contribution in [0.4, 0.5) is 16.2 Å². The minimum Gasteiger partial charge on any atom is -0.467 e. The zero-order chi connectivity index (χ0) is 22.6. The average Bonchev–Trinajstić information content (AvgIpc) is 3.26. The number of hydrogen-bond acceptors (Lipinski definition) is 5. The fourth-order valence-corrected chi connectivity index (χ4v) is 4.27. The molecule has 0 spiro atoms. The Bertz CT molecular complexity index is 1190. The maximum atomic E-state index is 12.8. The van der Waals surface area contributed by atoms with Crippen LogP contribution in [0.5, 0.6) is 0 Å². The highest BCUT2D eigenvalue weighted by Crippen LogP contribution is 2.27. The lowest BCUT2D eigenvalue weighted by atomic mass is 9.98. The molecule has 2 N–H and O–H groups in total. The van der Waals surface area contributed by atoms with Gasteiger partial charge in [-0.05, 0) is 53.4 Å². The maximum absolute atomic E-state index is 12.8. The number of rotatable bonds is 7. The van der Waals surface area contributed by atoms with Crippen LogP contribution in [0.3, 0.4) is 0 Å². The molecule has 0 saturated heterocycles. The topological polar surface area (TPSA) is 101 Å². The van der Waals surface area contributed by atoms with Crippen molar-refractivity contribution >= 4 is 27.4 Å². The summed E-state index contributed by atoms with van der Waals surface area (Å²) in [6.07, 6.45) is 3.31. The predicted octanol–water partition coefficient (Wildman–Crippen LogP) is 3.96. The van der Waals surface area contributed by atoms with Crippen LogP contribution in [-0.2, 0) is 40.9 Å². The number of fused-ring (bicyclic) bond motifs is 1. The van der Waals surface area contributed by atoms with Gasteiger partial charge in [0.2, 0.25) is 10.0 Å². The van der Waals surface area contributed by atoms with Crippen LogP contribution < -0.4 is 10.0 Å². The van der Waals surface area contributed by atoms with Crippen molar-refractivity contribution < 1.29 is 22.4 Å². The number of sulfonamides is 1. The first-order valence-electron chi connectivity index (χ1n) is 10.2. The van der Waals surface area contributed by atoms with Gasteiger partial charge in [0.15, 0.2) is 0 Å². The molecule has 4 rings (SSSR count). The monoisotopic (exact) mass is 455 g/mol. The molecule has 2 amide bonds. The molecule has 0 saturated carbocycles. The molecular weight excluding hydrogens is 430 g/mol. The van der Waals surface area contributed by atoms with Gasteiger partial charge in [-0.1, -0.05) is 24.3 Å². The van der Waals surface area contributed by atoms with E-state index >= 15 is 0 Å². The first-order valence-corrected chi connectivity index (χ1v) is 12.1. The molecule has 2 heterocycles. The molecular formula is C23H25N3O5S. The zero-order valence-electron chi connectivity index (χ0n) is 17.7. The summed E-state index contributed by atoms with van der Waals surface area (Å²) in [6.45, 7) is 1.68. The van der Waals surface area contributed by atoms with E-state index in [9.17, 15) is 13.2 Å². The van der Waals surface area contributed by atoms with Gasteiger partial charge in [0.1, 0.15) is 12.4 Å². The first kappa shape index (κ1) is 21.9. The van der Waals surface area contributed by atoms with E-state index < -0.39 is 10.0 Å². The molecule has 1 aliphatic heterocycles. The second kappa shape index (κ2) is 9.46. The number of benzene rings is 2. The van der Waals surface area contributed by atoms with Gasteiger partial charge in [-0.25, -0.2) is 13.2 Å². The third kappa shape index (κ3) is 5.68. The fourth-order valence-electron chi connectivity index (χ4n) is 3.68. The van der Waals surface area contributed by atoms with E-state index in [4.69, 9.17) is 9.15 Å². The van der Waals surface area contributed by atoms with E-state index in [1.807, 2.05) is 42.5 Å². The number of amides is 2. The molecule has 0 unspecified atom stereocenters. The van der Waals surface area contributed by atoms with Crippen LogP contribution in [-0.4, -0.2) is 32.1 Å². The van der Waals surface area contributed by atoms with Crippen molar-refractivity contribution in [3.63, 3.8) is 0 Å². The third-order valence-corrected chi connectivity index (χ3v) is 5.71. The molecule has 1 aliphatic rings. The molecule has 0 atom stereocenters. The molecule has 0 radical (unpaired) electrons. The Kier molecular flexibility index (Phi) is 6.48. The molecule has 8 nitrogen and oxygen atoms in total. The van der Waals surface area contributed by atoms with Gasteiger partial charge in [-0.2, -0.15) is 0 Å². The normalized spacial score (nSPS) is 13.5. The van der Waals surface area contributed by atoms with Crippen LogP contribution in [0.1, 0.15) is 22.5 Å². The van der Waals surface area contributed by atoms with Gasteiger partial charge in [0.05, 0.1) is 24.8 Å². The lowest BCUT2D eigenvalue weighted by molar-refractivity contribution is 0.0930. The molecule has 9 heteroatoms. The summed E-state index contributed by atoms with van der Waals surface area (Å²) in [5.74, 6) is 0.759. The van der Waals surface area contributed by atoms with Gasteiger partial charge in [0, 0.05) is 18.8 Å². The van der Waals surface area contributed by atoms with Crippen LogP contribution >= 0.6 is 0 Å². The van der Waals surface area contributed by atoms with Crippen LogP contribution in [0.15, 0.2) is 65.3 Å². The van der Waals surface area contributed by atoms with Crippen molar-refractivity contribution in [2.45, 2.75) is 26.2 Å².